The van der Waals surface area contributed by atoms with Crippen molar-refractivity contribution in [3.8, 4) is 0 Å². The van der Waals surface area contributed by atoms with Gasteiger partial charge in [0, 0.05) is 18.3 Å². The maximum absolute atomic E-state index is 4.58. The van der Waals surface area contributed by atoms with Crippen molar-refractivity contribution in [2.75, 3.05) is 0 Å². The molecule has 0 aliphatic carbocycles. The van der Waals surface area contributed by atoms with E-state index >= 15 is 0 Å². The van der Waals surface area contributed by atoms with E-state index in [4.69, 9.17) is 0 Å². The minimum Gasteiger partial charge on any atom is -0.288 e. The molecule has 0 aromatic rings. The molecule has 1 aliphatic rings. The molecule has 0 radical (unpaired) electrons. The molecule has 0 bridgehead atoms. The highest BCUT2D eigenvalue weighted by molar-refractivity contribution is 6.30. The summed E-state index contributed by atoms with van der Waals surface area (Å²) in [5.74, 6) is 0. The van der Waals surface area contributed by atoms with E-state index in [2.05, 4.69) is 30.8 Å². The van der Waals surface area contributed by atoms with Gasteiger partial charge in [0.05, 0.1) is 5.71 Å². The number of aliphatic imine (C=N–C) groups is 2. The van der Waals surface area contributed by atoms with Crippen LogP contribution < -0.4 is 0 Å². The van der Waals surface area contributed by atoms with Crippen LogP contribution in [0.3, 0.4) is 0 Å². The average Bonchev–Trinajstić information content (AvgIpc) is 2.13. The van der Waals surface area contributed by atoms with Gasteiger partial charge in [-0.2, -0.15) is 0 Å². The molecule has 12 heavy (non-hydrogen) atoms. The van der Waals surface area contributed by atoms with Gasteiger partial charge < -0.3 is 0 Å². The molecule has 0 amide bonds. The van der Waals surface area contributed by atoms with Crippen LogP contribution in [0.15, 0.2) is 9.98 Å². The molecule has 2 nitrogen and oxygen atoms in total. The number of nitrogens with zero attached hydrogens (tertiary/aromatic N) is 2. The van der Waals surface area contributed by atoms with Crippen molar-refractivity contribution >= 4 is 11.9 Å². The maximum atomic E-state index is 4.58. The number of hydrogen-bond acceptors (Lipinski definition) is 2. The van der Waals surface area contributed by atoms with Gasteiger partial charge in [0.15, 0.2) is 0 Å². The Morgan fingerprint density at radius 2 is 2.17 bits per heavy atom. The molecule has 1 heterocycles. The molecular formula is C10H18N2. The van der Waals surface area contributed by atoms with Crippen LogP contribution in [0, 0.1) is 0 Å². The largest absolute Gasteiger partial charge is 0.288 e. The van der Waals surface area contributed by atoms with Crippen molar-refractivity contribution < 1.29 is 0 Å². The van der Waals surface area contributed by atoms with Crippen LogP contribution in [0.1, 0.15) is 40.0 Å². The molecule has 0 fully saturated rings. The fourth-order valence-corrected chi connectivity index (χ4v) is 1.52. The Morgan fingerprint density at radius 1 is 1.42 bits per heavy atom. The Morgan fingerprint density at radius 3 is 2.83 bits per heavy atom. The Kier molecular flexibility index (Phi) is 3.45. The van der Waals surface area contributed by atoms with Crippen LogP contribution in [0.25, 0.3) is 0 Å². The molecule has 0 N–H and O–H groups in total. The van der Waals surface area contributed by atoms with Crippen LogP contribution in [0.5, 0.6) is 0 Å². The van der Waals surface area contributed by atoms with E-state index in [9.17, 15) is 0 Å². The van der Waals surface area contributed by atoms with Gasteiger partial charge in [-0.3, -0.25) is 9.98 Å². The molecule has 2 heteroatoms. The third-order valence-corrected chi connectivity index (χ3v) is 2.05. The first-order valence-electron chi connectivity index (χ1n) is 4.82. The zero-order valence-corrected chi connectivity index (χ0v) is 8.25. The first kappa shape index (κ1) is 9.43. The van der Waals surface area contributed by atoms with Crippen LogP contribution in [0.2, 0.25) is 0 Å². The number of hydrogen-bond donors (Lipinski definition) is 0. The highest BCUT2D eigenvalue weighted by Gasteiger charge is 2.10. The van der Waals surface area contributed by atoms with Crippen LogP contribution in [-0.2, 0) is 0 Å². The topological polar surface area (TPSA) is 24.7 Å². The second-order valence-electron chi connectivity index (χ2n) is 3.58. The van der Waals surface area contributed by atoms with Crippen molar-refractivity contribution in [2.24, 2.45) is 9.98 Å². The highest BCUT2D eigenvalue weighted by Crippen LogP contribution is 2.09. The van der Waals surface area contributed by atoms with E-state index in [-0.39, 0.29) is 0 Å². The Balaban J connectivity index is 2.63. The van der Waals surface area contributed by atoms with Crippen molar-refractivity contribution in [3.63, 3.8) is 0 Å². The second kappa shape index (κ2) is 4.39. The summed E-state index contributed by atoms with van der Waals surface area (Å²) in [5, 5.41) is 0. The minimum absolute atomic E-state index is 0.443. The molecule has 1 rings (SSSR count). The first-order valence-corrected chi connectivity index (χ1v) is 4.82. The number of rotatable bonds is 2. The van der Waals surface area contributed by atoms with Crippen LogP contribution in [-0.4, -0.2) is 24.0 Å². The quantitative estimate of drug-likeness (QED) is 0.602. The minimum atomic E-state index is 0.443. The lowest BCUT2D eigenvalue weighted by Gasteiger charge is -2.06. The standard InChI is InChI=1S/C10H18N2/c1-4-5-10-7-11-8(2)6-9(3)12-10/h7-9H,4-6H2,1-3H3. The Hall–Kier alpha value is -0.660. The van der Waals surface area contributed by atoms with E-state index in [0.717, 1.165) is 19.3 Å². The molecule has 68 valence electrons. The van der Waals surface area contributed by atoms with Gasteiger partial charge in [-0.25, -0.2) is 0 Å². The fourth-order valence-electron chi connectivity index (χ4n) is 1.52. The Labute approximate surface area is 74.8 Å². The monoisotopic (exact) mass is 166 g/mol. The van der Waals surface area contributed by atoms with E-state index in [1.165, 1.54) is 5.71 Å². The van der Waals surface area contributed by atoms with Crippen molar-refractivity contribution in [1.82, 2.24) is 0 Å². The van der Waals surface area contributed by atoms with Gasteiger partial charge in [0.2, 0.25) is 0 Å². The molecule has 0 aromatic heterocycles. The summed E-state index contributed by atoms with van der Waals surface area (Å²) in [4.78, 5) is 9.00. The predicted octanol–water partition coefficient (Wildman–Crippen LogP) is 2.48. The third-order valence-electron chi connectivity index (χ3n) is 2.05. The molecule has 2 unspecified atom stereocenters. The van der Waals surface area contributed by atoms with Crippen molar-refractivity contribution in [2.45, 2.75) is 52.1 Å². The predicted molar refractivity (Wildman–Crippen MR) is 54.4 cm³/mol. The summed E-state index contributed by atoms with van der Waals surface area (Å²) in [6.45, 7) is 6.49. The molecule has 0 aromatic carbocycles. The van der Waals surface area contributed by atoms with E-state index in [1.807, 2.05) is 6.21 Å². The van der Waals surface area contributed by atoms with Crippen LogP contribution >= 0.6 is 0 Å². The second-order valence-corrected chi connectivity index (χ2v) is 3.58. The van der Waals surface area contributed by atoms with Gasteiger partial charge in [-0.05, 0) is 26.7 Å². The average molecular weight is 166 g/mol. The van der Waals surface area contributed by atoms with Crippen molar-refractivity contribution in [3.05, 3.63) is 0 Å². The SMILES string of the molecule is CCCC1=NC(C)CC(C)N=C1. The van der Waals surface area contributed by atoms with Gasteiger partial charge in [0.1, 0.15) is 0 Å². The van der Waals surface area contributed by atoms with Gasteiger partial charge in [-0.1, -0.05) is 13.3 Å². The molecule has 0 spiro atoms. The highest BCUT2D eigenvalue weighted by atomic mass is 14.9. The molecule has 0 saturated carbocycles. The van der Waals surface area contributed by atoms with E-state index in [0.29, 0.717) is 12.1 Å². The molecule has 0 saturated heterocycles. The maximum Gasteiger partial charge on any atom is 0.0529 e. The zero-order valence-electron chi connectivity index (χ0n) is 8.25. The third kappa shape index (κ3) is 2.76. The lowest BCUT2D eigenvalue weighted by molar-refractivity contribution is 0.590. The van der Waals surface area contributed by atoms with Gasteiger partial charge in [0.25, 0.3) is 0 Å². The summed E-state index contributed by atoms with van der Waals surface area (Å²) >= 11 is 0. The van der Waals surface area contributed by atoms with Crippen LogP contribution in [0.4, 0.5) is 0 Å². The zero-order chi connectivity index (χ0) is 8.97. The van der Waals surface area contributed by atoms with E-state index in [1.54, 1.807) is 0 Å². The molecule has 2 atom stereocenters. The lowest BCUT2D eigenvalue weighted by Crippen LogP contribution is -2.06. The summed E-state index contributed by atoms with van der Waals surface area (Å²) in [6, 6.07) is 0.891. The van der Waals surface area contributed by atoms with Crippen molar-refractivity contribution in [1.29, 1.82) is 0 Å². The summed E-state index contributed by atoms with van der Waals surface area (Å²) < 4.78 is 0. The fraction of sp³-hybridized carbons (Fsp3) is 0.800. The van der Waals surface area contributed by atoms with Gasteiger partial charge >= 0.3 is 0 Å². The van der Waals surface area contributed by atoms with Gasteiger partial charge in [-0.15, -0.1) is 0 Å². The summed E-state index contributed by atoms with van der Waals surface area (Å²) in [6.07, 6.45) is 5.27. The summed E-state index contributed by atoms with van der Waals surface area (Å²) in [7, 11) is 0. The Bertz CT molecular complexity index is 194. The van der Waals surface area contributed by atoms with E-state index < -0.39 is 0 Å². The molecular weight excluding hydrogens is 148 g/mol. The first-order chi connectivity index (χ1) is 5.72. The normalized spacial score (nSPS) is 29.8. The molecule has 1 aliphatic heterocycles. The smallest absolute Gasteiger partial charge is 0.0529 e. The lowest BCUT2D eigenvalue weighted by atomic mass is 10.1. The summed E-state index contributed by atoms with van der Waals surface area (Å²) in [5.41, 5.74) is 1.18.